The highest BCUT2D eigenvalue weighted by atomic mass is 16.5. The molecule has 4 nitrogen and oxygen atoms in total. The van der Waals surface area contributed by atoms with Gasteiger partial charge in [-0.05, 0) is 30.6 Å². The Kier molecular flexibility index (Phi) is 4.00. The maximum absolute atomic E-state index is 6.74. The van der Waals surface area contributed by atoms with Gasteiger partial charge in [-0.2, -0.15) is 4.98 Å². The smallest absolute Gasteiger partial charge is 0.229 e. The van der Waals surface area contributed by atoms with Gasteiger partial charge in [0.25, 0.3) is 0 Å². The van der Waals surface area contributed by atoms with Crippen LogP contribution < -0.4 is 5.73 Å². The van der Waals surface area contributed by atoms with Gasteiger partial charge in [0, 0.05) is 5.92 Å². The van der Waals surface area contributed by atoms with Gasteiger partial charge in [-0.3, -0.25) is 0 Å². The summed E-state index contributed by atoms with van der Waals surface area (Å²) in [5.41, 5.74) is 6.32. The van der Waals surface area contributed by atoms with Crippen molar-refractivity contribution in [2.24, 2.45) is 23.5 Å². The van der Waals surface area contributed by atoms with Gasteiger partial charge in [-0.1, -0.05) is 46.2 Å². The molecule has 1 aliphatic rings. The molecule has 0 saturated heterocycles. The zero-order valence-corrected chi connectivity index (χ0v) is 12.8. The summed E-state index contributed by atoms with van der Waals surface area (Å²) in [7, 11) is 0. The lowest BCUT2D eigenvalue weighted by atomic mass is 9.65. The normalized spacial score (nSPS) is 32.2. The summed E-state index contributed by atoms with van der Waals surface area (Å²) < 4.78 is 5.37. The molecule has 1 aliphatic carbocycles. The molecule has 0 aromatic carbocycles. The Balaban J connectivity index is 2.34. The number of nitrogens with two attached hydrogens (primary N) is 1. The molecule has 1 aromatic heterocycles. The van der Waals surface area contributed by atoms with E-state index in [4.69, 9.17) is 10.3 Å². The number of rotatable bonds is 3. The van der Waals surface area contributed by atoms with E-state index in [1.165, 1.54) is 6.42 Å². The topological polar surface area (TPSA) is 64.9 Å². The average Bonchev–Trinajstić information content (AvgIpc) is 2.77. The van der Waals surface area contributed by atoms with Crippen LogP contribution in [0.25, 0.3) is 0 Å². The fourth-order valence-electron chi connectivity index (χ4n) is 3.40. The average molecular weight is 265 g/mol. The van der Waals surface area contributed by atoms with E-state index < -0.39 is 5.54 Å². The van der Waals surface area contributed by atoms with Crippen LogP contribution in [0, 0.1) is 17.8 Å². The lowest BCUT2D eigenvalue weighted by molar-refractivity contribution is 0.0983. The van der Waals surface area contributed by atoms with Gasteiger partial charge in [0.15, 0.2) is 5.82 Å². The third kappa shape index (κ3) is 2.69. The van der Waals surface area contributed by atoms with Crippen LogP contribution in [-0.2, 0) is 5.54 Å². The minimum atomic E-state index is -0.428. The van der Waals surface area contributed by atoms with Gasteiger partial charge in [-0.25, -0.2) is 0 Å². The molecule has 1 saturated carbocycles. The molecule has 1 fully saturated rings. The lowest BCUT2D eigenvalue weighted by Gasteiger charge is -2.43. The van der Waals surface area contributed by atoms with Crippen LogP contribution in [0.2, 0.25) is 0 Å². The number of nitrogens with zero attached hydrogens (tertiary/aromatic N) is 2. The van der Waals surface area contributed by atoms with Crippen LogP contribution in [-0.4, -0.2) is 10.1 Å². The van der Waals surface area contributed by atoms with Crippen molar-refractivity contribution >= 4 is 0 Å². The van der Waals surface area contributed by atoms with Crippen LogP contribution in [0.5, 0.6) is 0 Å². The number of hydrogen-bond acceptors (Lipinski definition) is 4. The first-order valence-corrected chi connectivity index (χ1v) is 7.47. The Morgan fingerprint density at radius 2 is 1.95 bits per heavy atom. The van der Waals surface area contributed by atoms with E-state index in [0.717, 1.165) is 12.8 Å². The summed E-state index contributed by atoms with van der Waals surface area (Å²) in [5, 5.41) is 4.19. The summed E-state index contributed by atoms with van der Waals surface area (Å²) in [6.07, 6.45) is 3.35. The first-order valence-electron chi connectivity index (χ1n) is 7.47. The highest BCUT2D eigenvalue weighted by Crippen LogP contribution is 2.44. The van der Waals surface area contributed by atoms with Crippen LogP contribution in [0.3, 0.4) is 0 Å². The van der Waals surface area contributed by atoms with Crippen molar-refractivity contribution in [1.29, 1.82) is 0 Å². The summed E-state index contributed by atoms with van der Waals surface area (Å²) >= 11 is 0. The third-order valence-electron chi connectivity index (χ3n) is 4.48. The fourth-order valence-corrected chi connectivity index (χ4v) is 3.40. The van der Waals surface area contributed by atoms with Gasteiger partial charge in [0.1, 0.15) is 0 Å². The fraction of sp³-hybridized carbons (Fsp3) is 0.867. The van der Waals surface area contributed by atoms with Crippen molar-refractivity contribution in [3.8, 4) is 0 Å². The molecule has 1 heterocycles. The largest absolute Gasteiger partial charge is 0.339 e. The molecule has 0 bridgehead atoms. The Labute approximate surface area is 116 Å². The molecular formula is C15H27N3O. The SMILES string of the molecule is CC1CCC(C(C)C)C(N)(c2noc(C(C)C)n2)C1. The predicted octanol–water partition coefficient (Wildman–Crippen LogP) is 3.44. The monoisotopic (exact) mass is 265 g/mol. The maximum atomic E-state index is 6.74. The number of hydrogen-bond donors (Lipinski definition) is 1. The summed E-state index contributed by atoms with van der Waals surface area (Å²) in [6, 6.07) is 0. The van der Waals surface area contributed by atoms with Crippen molar-refractivity contribution in [2.75, 3.05) is 0 Å². The first kappa shape index (κ1) is 14.5. The Morgan fingerprint density at radius 1 is 1.26 bits per heavy atom. The van der Waals surface area contributed by atoms with Gasteiger partial charge >= 0.3 is 0 Å². The summed E-state index contributed by atoms with van der Waals surface area (Å²) in [4.78, 5) is 4.57. The van der Waals surface area contributed by atoms with E-state index in [2.05, 4.69) is 44.8 Å². The van der Waals surface area contributed by atoms with E-state index in [-0.39, 0.29) is 5.92 Å². The van der Waals surface area contributed by atoms with Crippen molar-refractivity contribution < 1.29 is 4.52 Å². The second-order valence-corrected chi connectivity index (χ2v) is 6.89. The molecule has 2 N–H and O–H groups in total. The second kappa shape index (κ2) is 5.23. The molecule has 3 atom stereocenters. The Hall–Kier alpha value is -0.900. The quantitative estimate of drug-likeness (QED) is 0.909. The van der Waals surface area contributed by atoms with Gasteiger partial charge in [-0.15, -0.1) is 0 Å². The van der Waals surface area contributed by atoms with Crippen molar-refractivity contribution in [3.63, 3.8) is 0 Å². The molecule has 108 valence electrons. The predicted molar refractivity (Wildman–Crippen MR) is 75.6 cm³/mol. The number of aromatic nitrogens is 2. The van der Waals surface area contributed by atoms with Gasteiger partial charge in [0.2, 0.25) is 5.89 Å². The molecule has 0 spiro atoms. The zero-order chi connectivity index (χ0) is 14.2. The lowest BCUT2D eigenvalue weighted by Crippen LogP contribution is -2.51. The molecule has 2 rings (SSSR count). The summed E-state index contributed by atoms with van der Waals surface area (Å²) in [5.74, 6) is 3.26. The molecular weight excluding hydrogens is 238 g/mol. The van der Waals surface area contributed by atoms with E-state index in [0.29, 0.717) is 29.5 Å². The minimum Gasteiger partial charge on any atom is -0.339 e. The van der Waals surface area contributed by atoms with E-state index >= 15 is 0 Å². The van der Waals surface area contributed by atoms with Crippen LogP contribution >= 0.6 is 0 Å². The highest BCUT2D eigenvalue weighted by molar-refractivity contribution is 5.11. The van der Waals surface area contributed by atoms with Crippen molar-refractivity contribution in [1.82, 2.24) is 10.1 Å². The van der Waals surface area contributed by atoms with E-state index in [9.17, 15) is 0 Å². The molecule has 4 heteroatoms. The zero-order valence-electron chi connectivity index (χ0n) is 12.8. The highest BCUT2D eigenvalue weighted by Gasteiger charge is 2.45. The van der Waals surface area contributed by atoms with Crippen molar-refractivity contribution in [2.45, 2.75) is 65.3 Å². The Bertz CT molecular complexity index is 427. The van der Waals surface area contributed by atoms with Crippen LogP contribution in [0.4, 0.5) is 0 Å². The van der Waals surface area contributed by atoms with Crippen LogP contribution in [0.1, 0.15) is 71.5 Å². The standard InChI is InChI=1S/C15H27N3O/c1-9(2)12-7-6-11(5)8-15(12,16)14-17-13(10(3)4)19-18-14/h9-12H,6-8,16H2,1-5H3. The summed E-state index contributed by atoms with van der Waals surface area (Å²) in [6.45, 7) is 10.9. The molecule has 0 radical (unpaired) electrons. The van der Waals surface area contributed by atoms with E-state index in [1.807, 2.05) is 0 Å². The van der Waals surface area contributed by atoms with Gasteiger partial charge in [0.05, 0.1) is 5.54 Å². The molecule has 3 unspecified atom stereocenters. The molecule has 19 heavy (non-hydrogen) atoms. The molecule has 0 amide bonds. The van der Waals surface area contributed by atoms with E-state index in [1.54, 1.807) is 0 Å². The van der Waals surface area contributed by atoms with Gasteiger partial charge < -0.3 is 10.3 Å². The third-order valence-corrected chi connectivity index (χ3v) is 4.48. The molecule has 1 aromatic rings. The molecule has 0 aliphatic heterocycles. The first-order chi connectivity index (χ1) is 8.84. The van der Waals surface area contributed by atoms with Crippen molar-refractivity contribution in [3.05, 3.63) is 11.7 Å². The minimum absolute atomic E-state index is 0.253. The second-order valence-electron chi connectivity index (χ2n) is 6.89. The van der Waals surface area contributed by atoms with Crippen LogP contribution in [0.15, 0.2) is 4.52 Å². The maximum Gasteiger partial charge on any atom is 0.229 e. The Morgan fingerprint density at radius 3 is 2.47 bits per heavy atom.